The van der Waals surface area contributed by atoms with Gasteiger partial charge in [-0.2, -0.15) is 0 Å². The van der Waals surface area contributed by atoms with Crippen LogP contribution in [0.25, 0.3) is 0 Å². The Balaban J connectivity index is 2.09. The van der Waals surface area contributed by atoms with Crippen molar-refractivity contribution < 1.29 is 24.2 Å². The van der Waals surface area contributed by atoms with Gasteiger partial charge in [0.1, 0.15) is 17.5 Å². The standard InChI is InChI=1S/C21H27N3O5/c1-13-7-9-16(28-6)11-17(13)29-18-10-8-15(12-22-18)23-19(25)14(2)24(20(26)27)21(3,4)5/h7-12,14H,1-6H3,(H,23,25)(H,26,27). The number of nitrogens with zero attached hydrogens (tertiary/aromatic N) is 2. The summed E-state index contributed by atoms with van der Waals surface area (Å²) in [5.74, 6) is 1.20. The lowest BCUT2D eigenvalue weighted by Crippen LogP contribution is -2.54. The van der Waals surface area contributed by atoms with E-state index in [1.54, 1.807) is 53.0 Å². The molecule has 0 saturated heterocycles. The zero-order chi connectivity index (χ0) is 21.8. The third-order valence-corrected chi connectivity index (χ3v) is 4.31. The van der Waals surface area contributed by atoms with Crippen molar-refractivity contribution in [3.8, 4) is 17.4 Å². The van der Waals surface area contributed by atoms with Gasteiger partial charge in [-0.05, 0) is 52.3 Å². The van der Waals surface area contributed by atoms with Gasteiger partial charge in [0.2, 0.25) is 11.8 Å². The molecule has 1 heterocycles. The number of nitrogens with one attached hydrogen (secondary N) is 1. The van der Waals surface area contributed by atoms with Gasteiger partial charge in [0.15, 0.2) is 0 Å². The van der Waals surface area contributed by atoms with Crippen LogP contribution in [-0.4, -0.2) is 45.7 Å². The number of rotatable bonds is 6. The van der Waals surface area contributed by atoms with Crippen molar-refractivity contribution in [3.05, 3.63) is 42.1 Å². The summed E-state index contributed by atoms with van der Waals surface area (Å²) in [6.45, 7) is 8.66. The normalized spacial score (nSPS) is 12.1. The molecule has 1 aromatic heterocycles. The number of aromatic nitrogens is 1. The maximum absolute atomic E-state index is 12.5. The van der Waals surface area contributed by atoms with Crippen LogP contribution in [0, 0.1) is 6.92 Å². The molecule has 8 nitrogen and oxygen atoms in total. The number of carboxylic acid groups (broad SMARTS) is 1. The van der Waals surface area contributed by atoms with Crippen molar-refractivity contribution >= 4 is 17.7 Å². The van der Waals surface area contributed by atoms with E-state index in [-0.39, 0.29) is 0 Å². The first-order chi connectivity index (χ1) is 13.5. The number of benzene rings is 1. The summed E-state index contributed by atoms with van der Waals surface area (Å²) < 4.78 is 11.0. The Bertz CT molecular complexity index is 875. The molecular formula is C21H27N3O5. The summed E-state index contributed by atoms with van der Waals surface area (Å²) in [7, 11) is 1.58. The number of hydrogen-bond donors (Lipinski definition) is 2. The first-order valence-corrected chi connectivity index (χ1v) is 9.14. The van der Waals surface area contributed by atoms with E-state index in [9.17, 15) is 14.7 Å². The average molecular weight is 401 g/mol. The van der Waals surface area contributed by atoms with E-state index in [1.165, 1.54) is 6.20 Å². The topological polar surface area (TPSA) is 101 Å². The molecule has 0 aliphatic rings. The summed E-state index contributed by atoms with van der Waals surface area (Å²) in [6, 6.07) is 7.88. The number of carbonyl (C=O) groups is 2. The second-order valence-corrected chi connectivity index (χ2v) is 7.61. The largest absolute Gasteiger partial charge is 0.497 e. The fourth-order valence-electron chi connectivity index (χ4n) is 2.84. The number of hydrogen-bond acceptors (Lipinski definition) is 5. The van der Waals surface area contributed by atoms with Crippen molar-refractivity contribution in [2.24, 2.45) is 0 Å². The first-order valence-electron chi connectivity index (χ1n) is 9.14. The molecule has 0 aliphatic carbocycles. The van der Waals surface area contributed by atoms with Crippen LogP contribution in [0.2, 0.25) is 0 Å². The number of ether oxygens (including phenoxy) is 2. The molecule has 0 bridgehead atoms. The quantitative estimate of drug-likeness (QED) is 0.749. The van der Waals surface area contributed by atoms with Gasteiger partial charge in [-0.3, -0.25) is 9.69 Å². The number of anilines is 1. The molecule has 1 atom stereocenters. The fraction of sp³-hybridized carbons (Fsp3) is 0.381. The van der Waals surface area contributed by atoms with Crippen LogP contribution in [0.15, 0.2) is 36.5 Å². The molecule has 0 aliphatic heterocycles. The summed E-state index contributed by atoms with van der Waals surface area (Å²) >= 11 is 0. The Morgan fingerprint density at radius 1 is 1.21 bits per heavy atom. The molecule has 0 saturated carbocycles. The second kappa shape index (κ2) is 8.81. The van der Waals surface area contributed by atoms with Crippen molar-refractivity contribution in [3.63, 3.8) is 0 Å². The number of aryl methyl sites for hydroxylation is 1. The Morgan fingerprint density at radius 2 is 1.90 bits per heavy atom. The molecular weight excluding hydrogens is 374 g/mol. The lowest BCUT2D eigenvalue weighted by atomic mass is 10.0. The van der Waals surface area contributed by atoms with E-state index in [0.29, 0.717) is 23.1 Å². The van der Waals surface area contributed by atoms with E-state index in [2.05, 4.69) is 10.3 Å². The molecule has 0 fully saturated rings. The van der Waals surface area contributed by atoms with Crippen molar-refractivity contribution in [1.29, 1.82) is 0 Å². The molecule has 1 aromatic carbocycles. The lowest BCUT2D eigenvalue weighted by Gasteiger charge is -2.37. The zero-order valence-corrected chi connectivity index (χ0v) is 17.5. The van der Waals surface area contributed by atoms with E-state index in [4.69, 9.17) is 9.47 Å². The molecule has 2 N–H and O–H groups in total. The SMILES string of the molecule is COc1ccc(C)c(Oc2ccc(NC(=O)C(C)N(C(=O)O)C(C)(C)C)cn2)c1. The highest BCUT2D eigenvalue weighted by Gasteiger charge is 2.34. The number of pyridine rings is 1. The van der Waals surface area contributed by atoms with Crippen LogP contribution in [0.3, 0.4) is 0 Å². The highest BCUT2D eigenvalue weighted by Crippen LogP contribution is 2.28. The van der Waals surface area contributed by atoms with Gasteiger partial charge in [0, 0.05) is 17.7 Å². The van der Waals surface area contributed by atoms with Crippen LogP contribution in [0.5, 0.6) is 17.4 Å². The maximum Gasteiger partial charge on any atom is 0.408 e. The first kappa shape index (κ1) is 22.0. The Kier molecular flexibility index (Phi) is 6.68. The van der Waals surface area contributed by atoms with Gasteiger partial charge in [-0.15, -0.1) is 0 Å². The van der Waals surface area contributed by atoms with E-state index in [1.807, 2.05) is 19.1 Å². The molecule has 0 radical (unpaired) electrons. The molecule has 1 unspecified atom stereocenters. The van der Waals surface area contributed by atoms with Crippen LogP contribution < -0.4 is 14.8 Å². The predicted molar refractivity (Wildman–Crippen MR) is 110 cm³/mol. The van der Waals surface area contributed by atoms with Crippen LogP contribution >= 0.6 is 0 Å². The van der Waals surface area contributed by atoms with E-state index in [0.717, 1.165) is 10.5 Å². The van der Waals surface area contributed by atoms with Gasteiger partial charge >= 0.3 is 6.09 Å². The summed E-state index contributed by atoms with van der Waals surface area (Å²) in [4.78, 5) is 29.4. The number of amides is 2. The maximum atomic E-state index is 12.5. The van der Waals surface area contributed by atoms with Gasteiger partial charge in [-0.1, -0.05) is 6.07 Å². The van der Waals surface area contributed by atoms with Gasteiger partial charge in [0.05, 0.1) is 19.0 Å². The van der Waals surface area contributed by atoms with E-state index >= 15 is 0 Å². The molecule has 2 rings (SSSR count). The Morgan fingerprint density at radius 3 is 2.41 bits per heavy atom. The molecule has 0 spiro atoms. The van der Waals surface area contributed by atoms with Crippen molar-refractivity contribution in [2.45, 2.75) is 46.2 Å². The van der Waals surface area contributed by atoms with Crippen LogP contribution in [0.4, 0.5) is 10.5 Å². The highest BCUT2D eigenvalue weighted by molar-refractivity contribution is 5.96. The minimum absolute atomic E-state index is 0.356. The molecule has 2 amide bonds. The molecule has 2 aromatic rings. The Hall–Kier alpha value is -3.29. The minimum atomic E-state index is -1.16. The van der Waals surface area contributed by atoms with Crippen LogP contribution in [0.1, 0.15) is 33.3 Å². The van der Waals surface area contributed by atoms with Crippen LogP contribution in [-0.2, 0) is 4.79 Å². The fourth-order valence-corrected chi connectivity index (χ4v) is 2.84. The summed E-state index contributed by atoms with van der Waals surface area (Å²) in [5, 5.41) is 12.1. The number of carbonyl (C=O) groups excluding carboxylic acids is 1. The highest BCUT2D eigenvalue weighted by atomic mass is 16.5. The number of methoxy groups -OCH3 is 1. The third-order valence-electron chi connectivity index (χ3n) is 4.31. The summed E-state index contributed by atoms with van der Waals surface area (Å²) in [6.07, 6.45) is 0.299. The molecule has 156 valence electrons. The smallest absolute Gasteiger partial charge is 0.408 e. The predicted octanol–water partition coefficient (Wildman–Crippen LogP) is 4.30. The second-order valence-electron chi connectivity index (χ2n) is 7.61. The van der Waals surface area contributed by atoms with Crippen molar-refractivity contribution in [2.75, 3.05) is 12.4 Å². The van der Waals surface area contributed by atoms with E-state index < -0.39 is 23.6 Å². The zero-order valence-electron chi connectivity index (χ0n) is 17.5. The third kappa shape index (κ3) is 5.60. The Labute approximate surface area is 170 Å². The van der Waals surface area contributed by atoms with Gasteiger partial charge in [0.25, 0.3) is 0 Å². The lowest BCUT2D eigenvalue weighted by molar-refractivity contribution is -0.121. The van der Waals surface area contributed by atoms with Gasteiger partial charge in [-0.25, -0.2) is 9.78 Å². The molecule has 8 heteroatoms. The average Bonchev–Trinajstić information content (AvgIpc) is 2.63. The monoisotopic (exact) mass is 401 g/mol. The molecule has 29 heavy (non-hydrogen) atoms. The van der Waals surface area contributed by atoms with Gasteiger partial charge < -0.3 is 19.9 Å². The van der Waals surface area contributed by atoms with Crippen molar-refractivity contribution in [1.82, 2.24) is 9.88 Å². The summed E-state index contributed by atoms with van der Waals surface area (Å²) in [5.41, 5.74) is 0.651. The minimum Gasteiger partial charge on any atom is -0.497 e.